The monoisotopic (exact) mass is 495 g/mol. The molecule has 7 heteroatoms. The Hall–Kier alpha value is -4.41. The molecule has 3 aromatic carbocycles. The zero-order valence-electron chi connectivity index (χ0n) is 20.0. The number of hydrogen-bond donors (Lipinski definition) is 1. The van der Waals surface area contributed by atoms with Gasteiger partial charge in [0, 0.05) is 0 Å². The number of nitrogens with zero attached hydrogens (tertiary/aromatic N) is 2. The van der Waals surface area contributed by atoms with E-state index in [9.17, 15) is 14.9 Å². The van der Waals surface area contributed by atoms with E-state index in [4.69, 9.17) is 4.74 Å². The van der Waals surface area contributed by atoms with Gasteiger partial charge < -0.3 is 10.1 Å². The summed E-state index contributed by atoms with van der Waals surface area (Å²) in [5, 5.41) is 12.9. The van der Waals surface area contributed by atoms with Gasteiger partial charge in [0.1, 0.15) is 16.5 Å². The van der Waals surface area contributed by atoms with Gasteiger partial charge in [0.05, 0.1) is 22.9 Å². The molecule has 0 unspecified atom stereocenters. The molecule has 0 saturated carbocycles. The minimum Gasteiger partial charge on any atom is -0.494 e. The molecular formula is C29H25N3O3S. The fraction of sp³-hybridized carbons (Fsp3) is 0.138. The summed E-state index contributed by atoms with van der Waals surface area (Å²) in [7, 11) is 0. The highest BCUT2D eigenvalue weighted by molar-refractivity contribution is 7.07. The largest absolute Gasteiger partial charge is 0.494 e. The van der Waals surface area contributed by atoms with E-state index < -0.39 is 5.91 Å². The first-order chi connectivity index (χ1) is 17.5. The molecule has 0 fully saturated rings. The molecule has 4 rings (SSSR count). The van der Waals surface area contributed by atoms with Crippen molar-refractivity contribution in [2.75, 3.05) is 6.61 Å². The summed E-state index contributed by atoms with van der Waals surface area (Å²) in [5.74, 6) is 0.208. The van der Waals surface area contributed by atoms with Crippen molar-refractivity contribution in [1.29, 1.82) is 5.26 Å². The second kappa shape index (κ2) is 11.3. The number of ether oxygens (including phenoxy) is 1. The molecule has 180 valence electrons. The van der Waals surface area contributed by atoms with Crippen LogP contribution in [0, 0.1) is 11.3 Å². The third kappa shape index (κ3) is 5.45. The van der Waals surface area contributed by atoms with Gasteiger partial charge in [-0.3, -0.25) is 14.2 Å². The number of para-hydroxylation sites is 1. The van der Waals surface area contributed by atoms with Crippen LogP contribution in [0.3, 0.4) is 0 Å². The third-order valence-corrected chi connectivity index (χ3v) is 6.62. The van der Waals surface area contributed by atoms with E-state index in [1.54, 1.807) is 18.2 Å². The van der Waals surface area contributed by atoms with Crippen LogP contribution in [0.2, 0.25) is 0 Å². The second-order valence-electron chi connectivity index (χ2n) is 7.99. The lowest BCUT2D eigenvalue weighted by Gasteiger charge is -2.13. The van der Waals surface area contributed by atoms with E-state index in [0.717, 1.165) is 28.2 Å². The predicted molar refractivity (Wildman–Crippen MR) is 142 cm³/mol. The molecule has 0 aliphatic carbocycles. The molecule has 1 atom stereocenters. The molecule has 1 amide bonds. The van der Waals surface area contributed by atoms with Crippen LogP contribution in [0.1, 0.15) is 31.0 Å². The number of benzene rings is 3. The summed E-state index contributed by atoms with van der Waals surface area (Å²) < 4.78 is 7.61. The van der Waals surface area contributed by atoms with Crippen molar-refractivity contribution in [3.63, 3.8) is 0 Å². The Bertz CT molecular complexity index is 1570. The number of nitrogens with one attached hydrogen (secondary N) is 1. The van der Waals surface area contributed by atoms with E-state index in [0.29, 0.717) is 16.8 Å². The van der Waals surface area contributed by atoms with E-state index in [1.165, 1.54) is 4.57 Å². The van der Waals surface area contributed by atoms with Gasteiger partial charge in [-0.15, -0.1) is 11.3 Å². The summed E-state index contributed by atoms with van der Waals surface area (Å²) in [6.45, 7) is 4.34. The first kappa shape index (κ1) is 24.7. The molecule has 4 aromatic rings. The predicted octanol–water partition coefficient (Wildman–Crippen LogP) is 3.68. The number of nitriles is 1. The van der Waals surface area contributed by atoms with E-state index in [2.05, 4.69) is 5.32 Å². The number of aromatic nitrogens is 1. The lowest BCUT2D eigenvalue weighted by Crippen LogP contribution is -2.34. The van der Waals surface area contributed by atoms with Crippen LogP contribution in [0.25, 0.3) is 17.3 Å². The van der Waals surface area contributed by atoms with Crippen molar-refractivity contribution in [3.8, 4) is 17.5 Å². The molecule has 0 aliphatic heterocycles. The van der Waals surface area contributed by atoms with Crippen LogP contribution in [0.5, 0.6) is 5.75 Å². The van der Waals surface area contributed by atoms with Gasteiger partial charge in [-0.1, -0.05) is 60.7 Å². The summed E-state index contributed by atoms with van der Waals surface area (Å²) in [6, 6.07) is 27.6. The number of rotatable bonds is 7. The molecule has 0 bridgehead atoms. The molecular weight excluding hydrogens is 470 g/mol. The third-order valence-electron chi connectivity index (χ3n) is 5.53. The second-order valence-corrected chi connectivity index (χ2v) is 9.02. The summed E-state index contributed by atoms with van der Waals surface area (Å²) in [6.07, 6.45) is 1.76. The zero-order valence-corrected chi connectivity index (χ0v) is 20.8. The summed E-state index contributed by atoms with van der Waals surface area (Å²) in [4.78, 5) is 26.7. The quantitative estimate of drug-likeness (QED) is 0.424. The van der Waals surface area contributed by atoms with Crippen LogP contribution in [-0.2, 0) is 4.79 Å². The Morgan fingerprint density at radius 2 is 1.69 bits per heavy atom. The number of thiazole rings is 1. The van der Waals surface area contributed by atoms with Crippen LogP contribution >= 0.6 is 11.3 Å². The molecule has 0 aliphatic rings. The summed E-state index contributed by atoms with van der Waals surface area (Å²) >= 11 is 1.12. The van der Waals surface area contributed by atoms with Gasteiger partial charge in [-0.2, -0.15) is 5.26 Å². The number of amides is 1. The number of hydrogen-bond acceptors (Lipinski definition) is 5. The van der Waals surface area contributed by atoms with Crippen LogP contribution in [0.15, 0.2) is 89.7 Å². The van der Waals surface area contributed by atoms with E-state index in [-0.39, 0.29) is 21.8 Å². The maximum absolute atomic E-state index is 13.5. The lowest BCUT2D eigenvalue weighted by atomic mass is 10.1. The first-order valence-electron chi connectivity index (χ1n) is 11.5. The maximum atomic E-state index is 13.5. The van der Waals surface area contributed by atoms with E-state index in [1.807, 2.05) is 92.7 Å². The molecule has 0 spiro atoms. The maximum Gasteiger partial charge on any atom is 0.273 e. The van der Waals surface area contributed by atoms with Crippen molar-refractivity contribution in [2.24, 2.45) is 0 Å². The van der Waals surface area contributed by atoms with Crippen LogP contribution in [-0.4, -0.2) is 17.1 Å². The number of carbonyl (C=O) groups excluding carboxylic acids is 1. The molecule has 6 nitrogen and oxygen atoms in total. The van der Waals surface area contributed by atoms with E-state index >= 15 is 0 Å². The Morgan fingerprint density at radius 1 is 1.06 bits per heavy atom. The Kier molecular flexibility index (Phi) is 7.79. The van der Waals surface area contributed by atoms with Crippen molar-refractivity contribution in [2.45, 2.75) is 19.9 Å². The van der Waals surface area contributed by atoms with Gasteiger partial charge in [0.15, 0.2) is 5.57 Å². The van der Waals surface area contributed by atoms with Gasteiger partial charge in [-0.05, 0) is 55.3 Å². The highest BCUT2D eigenvalue weighted by Gasteiger charge is 2.19. The average molecular weight is 496 g/mol. The van der Waals surface area contributed by atoms with Crippen LogP contribution in [0.4, 0.5) is 0 Å². The lowest BCUT2D eigenvalue weighted by molar-refractivity contribution is -0.116. The fourth-order valence-corrected chi connectivity index (χ4v) is 4.83. The topological polar surface area (TPSA) is 84.1 Å². The minimum atomic E-state index is -0.535. The molecule has 1 heterocycles. The fourth-order valence-electron chi connectivity index (χ4n) is 3.73. The van der Waals surface area contributed by atoms with Crippen molar-refractivity contribution < 1.29 is 9.53 Å². The normalized spacial score (nSPS) is 13.0. The van der Waals surface area contributed by atoms with Gasteiger partial charge in [0.25, 0.3) is 11.5 Å². The highest BCUT2D eigenvalue weighted by Crippen LogP contribution is 2.14. The smallest absolute Gasteiger partial charge is 0.273 e. The summed E-state index contributed by atoms with van der Waals surface area (Å²) in [5.41, 5.74) is 1.89. The Morgan fingerprint density at radius 3 is 2.31 bits per heavy atom. The Balaban J connectivity index is 1.85. The zero-order chi connectivity index (χ0) is 25.5. The van der Waals surface area contributed by atoms with Crippen molar-refractivity contribution in [1.82, 2.24) is 9.88 Å². The van der Waals surface area contributed by atoms with Crippen molar-refractivity contribution in [3.05, 3.63) is 116 Å². The van der Waals surface area contributed by atoms with Crippen LogP contribution < -0.4 is 24.8 Å². The first-order valence-corrected chi connectivity index (χ1v) is 12.4. The van der Waals surface area contributed by atoms with Gasteiger partial charge >= 0.3 is 0 Å². The molecule has 1 aromatic heterocycles. The minimum absolute atomic E-state index is 0.116. The number of carbonyl (C=O) groups is 1. The SMILES string of the molecule is CCOc1ccc(/C=c2/s/c(=C(\C#N)C(=O)N[C@@H](C)c3ccccc3)n(-c3ccccc3)c2=O)cc1. The standard InChI is InChI=1S/C29H25N3O3S/c1-3-35-24-16-14-21(15-17-24)18-26-28(34)32(23-12-8-5-9-13-23)29(36-26)25(19-30)27(33)31-20(2)22-10-6-4-7-11-22/h4-18,20H,3H2,1-2H3,(H,31,33)/b26-18+,29-25+/t20-/m0/s1. The van der Waals surface area contributed by atoms with Gasteiger partial charge in [-0.25, -0.2) is 0 Å². The molecule has 1 N–H and O–H groups in total. The molecule has 0 saturated heterocycles. The highest BCUT2D eigenvalue weighted by atomic mass is 32.1. The Labute approximate surface area is 213 Å². The molecule has 36 heavy (non-hydrogen) atoms. The molecule has 0 radical (unpaired) electrons. The van der Waals surface area contributed by atoms with Gasteiger partial charge in [0.2, 0.25) is 0 Å². The average Bonchev–Trinajstić information content (AvgIpc) is 3.22. The van der Waals surface area contributed by atoms with Crippen molar-refractivity contribution >= 4 is 28.9 Å².